The van der Waals surface area contributed by atoms with Crippen molar-refractivity contribution in [1.29, 1.82) is 0 Å². The second-order valence-corrected chi connectivity index (χ2v) is 12.6. The second-order valence-electron chi connectivity index (χ2n) is 12.6. The van der Waals surface area contributed by atoms with Gasteiger partial charge in [-0.2, -0.15) is 0 Å². The first-order chi connectivity index (χ1) is 23.5. The lowest BCUT2D eigenvalue weighted by Gasteiger charge is -2.50. The zero-order valence-corrected chi connectivity index (χ0v) is 27.3. The van der Waals surface area contributed by atoms with E-state index >= 15 is 0 Å². The van der Waals surface area contributed by atoms with Crippen molar-refractivity contribution in [3.8, 4) is 0 Å². The van der Waals surface area contributed by atoms with Gasteiger partial charge in [-0.05, 0) is 6.92 Å². The molecular weight excluding hydrogens is 684 g/mol. The molecule has 4 saturated heterocycles. The fraction of sp³-hybridized carbons (Fsp3) is 0.929. The largest absolute Gasteiger partial charge is 0.394 e. The van der Waals surface area contributed by atoms with Crippen LogP contribution in [-0.2, 0) is 42.7 Å². The molecule has 4 aliphatic rings. The number of amides is 2. The number of nitrogens with one attached hydrogen (secondary N) is 2. The first-order valence-electron chi connectivity index (χ1n) is 15.9. The summed E-state index contributed by atoms with van der Waals surface area (Å²) >= 11 is 0. The van der Waals surface area contributed by atoms with Crippen molar-refractivity contribution in [2.24, 2.45) is 0 Å². The molecule has 22 nitrogen and oxygen atoms in total. The van der Waals surface area contributed by atoms with Crippen LogP contribution < -0.4 is 10.6 Å². The minimum atomic E-state index is -2.01. The van der Waals surface area contributed by atoms with Gasteiger partial charge in [0, 0.05) is 13.8 Å². The van der Waals surface area contributed by atoms with Crippen molar-refractivity contribution >= 4 is 11.8 Å². The number of carbonyl (C=O) groups is 2. The van der Waals surface area contributed by atoms with Gasteiger partial charge in [0.1, 0.15) is 91.4 Å². The van der Waals surface area contributed by atoms with Crippen molar-refractivity contribution in [2.45, 2.75) is 143 Å². The van der Waals surface area contributed by atoms with Gasteiger partial charge >= 0.3 is 0 Å². The molecule has 20 atom stereocenters. The van der Waals surface area contributed by atoms with Crippen LogP contribution >= 0.6 is 0 Å². The molecule has 290 valence electrons. The molecule has 50 heavy (non-hydrogen) atoms. The zero-order chi connectivity index (χ0) is 37.2. The molecule has 0 saturated carbocycles. The number of rotatable bonds is 11. The van der Waals surface area contributed by atoms with Crippen LogP contribution in [0.2, 0.25) is 0 Å². The number of aliphatic hydroxyl groups excluding tert-OH is 11. The highest BCUT2D eigenvalue weighted by atomic mass is 16.8. The average molecular weight is 733 g/mol. The lowest BCUT2D eigenvalue weighted by Crippen LogP contribution is -2.71. The summed E-state index contributed by atoms with van der Waals surface area (Å²) in [5, 5.41) is 120. The lowest BCUT2D eigenvalue weighted by molar-refractivity contribution is -0.384. The smallest absolute Gasteiger partial charge is 0.217 e. The third-order valence-corrected chi connectivity index (χ3v) is 8.97. The third-order valence-electron chi connectivity index (χ3n) is 8.97. The van der Waals surface area contributed by atoms with E-state index in [0.717, 1.165) is 13.8 Å². The van der Waals surface area contributed by atoms with Gasteiger partial charge in [-0.25, -0.2) is 0 Å². The van der Waals surface area contributed by atoms with Gasteiger partial charge < -0.3 is 100.0 Å². The summed E-state index contributed by atoms with van der Waals surface area (Å²) in [5.74, 6) is -1.45. The highest BCUT2D eigenvalue weighted by Gasteiger charge is 2.56. The third kappa shape index (κ3) is 8.70. The van der Waals surface area contributed by atoms with Gasteiger partial charge in [0.05, 0.1) is 25.9 Å². The maximum atomic E-state index is 12.5. The predicted octanol–water partition coefficient (Wildman–Crippen LogP) is -8.43. The van der Waals surface area contributed by atoms with Crippen LogP contribution in [0.5, 0.6) is 0 Å². The molecule has 4 rings (SSSR count). The summed E-state index contributed by atoms with van der Waals surface area (Å²) in [7, 11) is 0. The number of ether oxygens (including phenoxy) is 7. The summed E-state index contributed by atoms with van der Waals surface area (Å²) in [6, 6.07) is -3.10. The van der Waals surface area contributed by atoms with Crippen molar-refractivity contribution < 1.29 is 98.9 Å². The minimum absolute atomic E-state index is 0.693. The van der Waals surface area contributed by atoms with Crippen LogP contribution in [-0.4, -0.2) is 211 Å². The Bertz CT molecular complexity index is 1130. The van der Waals surface area contributed by atoms with Crippen molar-refractivity contribution in [2.75, 3.05) is 19.8 Å². The van der Waals surface area contributed by atoms with Gasteiger partial charge in [0.2, 0.25) is 11.8 Å². The molecule has 4 aliphatic heterocycles. The standard InChI is InChI=1S/C28H48N2O20/c1-7-15(36)20(41)21(42)28(44-7)50-24-23(18(39)11(5-32)45-25(24)43)49-27-14(30-9(3)35)22(17(38)12(6-33)47-27)48-26-13(29-8(2)34)19(40)16(37)10(4-31)46-26/h7,10-28,31-33,36-43H,4-6H2,1-3H3,(H,29,34)(H,30,35)/t7-,10+,11+,12+,13+,14+,15+,16+,17-,18-,19+,20+,21-,22+,23-,24+,25+,26+,27+,28-/m0/s1. The summed E-state index contributed by atoms with van der Waals surface area (Å²) in [6.45, 7) is 0.957. The second kappa shape index (κ2) is 17.4. The Balaban J connectivity index is 1.68. The number of aliphatic hydroxyl groups is 11. The van der Waals surface area contributed by atoms with Crippen LogP contribution in [0.15, 0.2) is 0 Å². The van der Waals surface area contributed by atoms with Crippen molar-refractivity contribution in [3.63, 3.8) is 0 Å². The average Bonchev–Trinajstić information content (AvgIpc) is 3.06. The Morgan fingerprint density at radius 1 is 0.520 bits per heavy atom. The number of carbonyl (C=O) groups excluding carboxylic acids is 2. The van der Waals surface area contributed by atoms with Crippen LogP contribution in [0.1, 0.15) is 20.8 Å². The highest BCUT2D eigenvalue weighted by Crippen LogP contribution is 2.34. The van der Waals surface area contributed by atoms with Gasteiger partial charge in [-0.3, -0.25) is 9.59 Å². The summed E-state index contributed by atoms with van der Waals surface area (Å²) < 4.78 is 39.8. The Morgan fingerprint density at radius 2 is 0.980 bits per heavy atom. The van der Waals surface area contributed by atoms with E-state index in [2.05, 4.69) is 10.6 Å². The molecule has 4 heterocycles. The van der Waals surface area contributed by atoms with E-state index in [1.807, 2.05) is 0 Å². The van der Waals surface area contributed by atoms with Gasteiger partial charge in [-0.1, -0.05) is 0 Å². The van der Waals surface area contributed by atoms with Crippen LogP contribution in [0, 0.1) is 0 Å². The van der Waals surface area contributed by atoms with Gasteiger partial charge in [-0.15, -0.1) is 0 Å². The van der Waals surface area contributed by atoms with E-state index in [9.17, 15) is 65.8 Å². The molecule has 2 amide bonds. The SMILES string of the molecule is CC(=O)N[C@H]1[C@@H](O[C@H]2[C@@H](O)[C@@H](CO)O[C@H](O[C@H]3[C@@H](O)[C@@H](CO)O[C@@H](O)[C@@H]3O[C@@H]3O[C@@H](C)[C@@H](O)[C@@H](O)[C@@H]3O)[C@@H]2NC(C)=O)O[C@H](CO)[C@@H](O)[C@@H]1O. The monoisotopic (exact) mass is 732 g/mol. The van der Waals surface area contributed by atoms with Crippen LogP contribution in [0.25, 0.3) is 0 Å². The van der Waals surface area contributed by atoms with E-state index < -0.39 is 154 Å². The molecule has 0 aromatic carbocycles. The van der Waals surface area contributed by atoms with Crippen LogP contribution in [0.4, 0.5) is 0 Å². The lowest BCUT2D eigenvalue weighted by atomic mass is 9.93. The Labute approximate surface area is 285 Å². The van der Waals surface area contributed by atoms with Crippen molar-refractivity contribution in [3.05, 3.63) is 0 Å². The fourth-order valence-electron chi connectivity index (χ4n) is 6.27. The summed E-state index contributed by atoms with van der Waals surface area (Å²) in [4.78, 5) is 24.4. The maximum Gasteiger partial charge on any atom is 0.217 e. The molecule has 0 aromatic rings. The van der Waals surface area contributed by atoms with E-state index in [1.165, 1.54) is 6.92 Å². The van der Waals surface area contributed by atoms with E-state index in [4.69, 9.17) is 33.2 Å². The van der Waals surface area contributed by atoms with Gasteiger partial charge in [0.15, 0.2) is 25.2 Å². The first kappa shape index (κ1) is 41.0. The maximum absolute atomic E-state index is 12.5. The quantitative estimate of drug-likeness (QED) is 0.0938. The molecular formula is C28H48N2O20. The molecule has 0 bridgehead atoms. The molecule has 0 spiro atoms. The molecule has 13 N–H and O–H groups in total. The fourth-order valence-corrected chi connectivity index (χ4v) is 6.27. The summed E-state index contributed by atoms with van der Waals surface area (Å²) in [6.07, 6.45) is -30.5. The first-order valence-corrected chi connectivity index (χ1v) is 15.9. The Kier molecular flexibility index (Phi) is 14.2. The van der Waals surface area contributed by atoms with Gasteiger partial charge in [0.25, 0.3) is 0 Å². The normalized spacial score (nSPS) is 48.5. The topological polar surface area (TPSA) is 345 Å². The van der Waals surface area contributed by atoms with E-state index in [1.54, 1.807) is 0 Å². The molecule has 22 heteroatoms. The van der Waals surface area contributed by atoms with E-state index in [-0.39, 0.29) is 0 Å². The Morgan fingerprint density at radius 3 is 1.54 bits per heavy atom. The number of hydrogen-bond acceptors (Lipinski definition) is 20. The minimum Gasteiger partial charge on any atom is -0.394 e. The molecule has 0 aromatic heterocycles. The van der Waals surface area contributed by atoms with Crippen molar-refractivity contribution in [1.82, 2.24) is 10.6 Å². The summed E-state index contributed by atoms with van der Waals surface area (Å²) in [5.41, 5.74) is 0. The predicted molar refractivity (Wildman–Crippen MR) is 156 cm³/mol. The van der Waals surface area contributed by atoms with E-state index in [0.29, 0.717) is 0 Å². The molecule has 0 aliphatic carbocycles. The molecule has 0 radical (unpaired) electrons. The zero-order valence-electron chi connectivity index (χ0n) is 27.3. The van der Waals surface area contributed by atoms with Crippen LogP contribution in [0.3, 0.4) is 0 Å². The highest BCUT2D eigenvalue weighted by molar-refractivity contribution is 5.73. The number of hydrogen-bond donors (Lipinski definition) is 13. The Hall–Kier alpha value is -1.78. The molecule has 0 unspecified atom stereocenters. The molecule has 4 fully saturated rings.